The highest BCUT2D eigenvalue weighted by Gasteiger charge is 2.31. The number of carbonyl (C=O) groups excluding carboxylic acids is 1. The summed E-state index contributed by atoms with van der Waals surface area (Å²) < 4.78 is 43.6. The van der Waals surface area contributed by atoms with E-state index in [9.17, 15) is 18.0 Å². The van der Waals surface area contributed by atoms with E-state index in [1.165, 1.54) is 6.07 Å². The van der Waals surface area contributed by atoms with E-state index in [1.807, 2.05) is 0 Å². The second kappa shape index (κ2) is 6.44. The summed E-state index contributed by atoms with van der Waals surface area (Å²) in [7, 11) is 0. The standard InChI is InChI=1S/C14H17F3N2O2/c15-14(16,17)11-5-9(8-18)6-12(7-11)19-13(20)10-1-3-21-4-2-10/h5-7,10H,1-4,8,18H2,(H,19,20). The van der Waals surface area contributed by atoms with Gasteiger partial charge in [-0.2, -0.15) is 13.2 Å². The highest BCUT2D eigenvalue weighted by atomic mass is 19.4. The van der Waals surface area contributed by atoms with Crippen LogP contribution in [0, 0.1) is 5.92 Å². The first-order valence-electron chi connectivity index (χ1n) is 6.70. The average molecular weight is 302 g/mol. The third-order valence-electron chi connectivity index (χ3n) is 3.42. The molecule has 0 saturated carbocycles. The van der Waals surface area contributed by atoms with E-state index in [-0.39, 0.29) is 24.1 Å². The van der Waals surface area contributed by atoms with Crippen LogP contribution >= 0.6 is 0 Å². The smallest absolute Gasteiger partial charge is 0.381 e. The molecule has 1 saturated heterocycles. The SMILES string of the molecule is NCc1cc(NC(=O)C2CCOCC2)cc(C(F)(F)F)c1. The minimum Gasteiger partial charge on any atom is -0.381 e. The van der Waals surface area contributed by atoms with E-state index in [0.717, 1.165) is 12.1 Å². The van der Waals surface area contributed by atoms with Crippen LogP contribution in [-0.2, 0) is 22.3 Å². The lowest BCUT2D eigenvalue weighted by atomic mass is 9.99. The fourth-order valence-electron chi connectivity index (χ4n) is 2.25. The molecule has 116 valence electrons. The van der Waals surface area contributed by atoms with E-state index >= 15 is 0 Å². The largest absolute Gasteiger partial charge is 0.416 e. The maximum absolute atomic E-state index is 12.8. The summed E-state index contributed by atoms with van der Waals surface area (Å²) in [6.45, 7) is 0.966. The van der Waals surface area contributed by atoms with Gasteiger partial charge < -0.3 is 15.8 Å². The zero-order valence-electron chi connectivity index (χ0n) is 11.4. The molecule has 0 atom stereocenters. The number of nitrogens with two attached hydrogens (primary N) is 1. The molecular formula is C14H17F3N2O2. The second-order valence-corrected chi connectivity index (χ2v) is 5.00. The molecule has 21 heavy (non-hydrogen) atoms. The van der Waals surface area contributed by atoms with Gasteiger partial charge in [0.15, 0.2) is 0 Å². The predicted octanol–water partition coefficient (Wildman–Crippen LogP) is 2.53. The first-order valence-corrected chi connectivity index (χ1v) is 6.70. The molecule has 1 aliphatic heterocycles. The Morgan fingerprint density at radius 1 is 1.29 bits per heavy atom. The number of hydrogen-bond donors (Lipinski definition) is 2. The van der Waals surface area contributed by atoms with Gasteiger partial charge in [-0.1, -0.05) is 0 Å². The number of amides is 1. The Morgan fingerprint density at radius 3 is 2.52 bits per heavy atom. The second-order valence-electron chi connectivity index (χ2n) is 5.00. The maximum Gasteiger partial charge on any atom is 0.416 e. The van der Waals surface area contributed by atoms with Crippen LogP contribution in [0.4, 0.5) is 18.9 Å². The van der Waals surface area contributed by atoms with Crippen molar-refractivity contribution >= 4 is 11.6 Å². The van der Waals surface area contributed by atoms with Crippen molar-refractivity contribution in [3.8, 4) is 0 Å². The third kappa shape index (κ3) is 4.18. The number of alkyl halides is 3. The summed E-state index contributed by atoms with van der Waals surface area (Å²) >= 11 is 0. The first kappa shape index (κ1) is 15.8. The van der Waals surface area contributed by atoms with Crippen LogP contribution in [0.1, 0.15) is 24.0 Å². The number of anilines is 1. The summed E-state index contributed by atoms with van der Waals surface area (Å²) in [6.07, 6.45) is -3.31. The van der Waals surface area contributed by atoms with E-state index in [1.54, 1.807) is 0 Å². The number of carbonyl (C=O) groups is 1. The molecule has 0 spiro atoms. The molecule has 1 amide bonds. The van der Waals surface area contributed by atoms with Gasteiger partial charge in [-0.05, 0) is 36.6 Å². The van der Waals surface area contributed by atoms with E-state index in [0.29, 0.717) is 31.6 Å². The molecule has 0 aliphatic carbocycles. The molecule has 3 N–H and O–H groups in total. The Bertz CT molecular complexity index is 511. The Hall–Kier alpha value is -1.60. The van der Waals surface area contributed by atoms with Crippen LogP contribution in [0.15, 0.2) is 18.2 Å². The van der Waals surface area contributed by atoms with Gasteiger partial charge >= 0.3 is 6.18 Å². The molecule has 1 aromatic rings. The van der Waals surface area contributed by atoms with Crippen LogP contribution in [-0.4, -0.2) is 19.1 Å². The van der Waals surface area contributed by atoms with Gasteiger partial charge in [-0.25, -0.2) is 0 Å². The predicted molar refractivity (Wildman–Crippen MR) is 71.5 cm³/mol. The fourth-order valence-corrected chi connectivity index (χ4v) is 2.25. The van der Waals surface area contributed by atoms with Crippen LogP contribution in [0.25, 0.3) is 0 Å². The van der Waals surface area contributed by atoms with Crippen LogP contribution < -0.4 is 11.1 Å². The van der Waals surface area contributed by atoms with Gasteiger partial charge in [0.25, 0.3) is 0 Å². The van der Waals surface area contributed by atoms with E-state index in [2.05, 4.69) is 5.32 Å². The highest BCUT2D eigenvalue weighted by molar-refractivity contribution is 5.92. The zero-order valence-corrected chi connectivity index (χ0v) is 11.4. The van der Waals surface area contributed by atoms with Crippen LogP contribution in [0.5, 0.6) is 0 Å². The molecule has 0 aromatic heterocycles. The lowest BCUT2D eigenvalue weighted by molar-refractivity contribution is -0.137. The van der Waals surface area contributed by atoms with Gasteiger partial charge in [-0.15, -0.1) is 0 Å². The minimum atomic E-state index is -4.47. The normalized spacial score (nSPS) is 16.8. The van der Waals surface area contributed by atoms with Crippen LogP contribution in [0.3, 0.4) is 0 Å². The molecule has 0 bridgehead atoms. The van der Waals surface area contributed by atoms with Crippen molar-refractivity contribution in [2.24, 2.45) is 11.7 Å². The Labute approximate surface area is 120 Å². The van der Waals surface area contributed by atoms with Crippen molar-refractivity contribution in [1.82, 2.24) is 0 Å². The van der Waals surface area contributed by atoms with Crippen LogP contribution in [0.2, 0.25) is 0 Å². The summed E-state index contributed by atoms with van der Waals surface area (Å²) in [4.78, 5) is 12.0. The van der Waals surface area contributed by atoms with Crippen molar-refractivity contribution in [2.75, 3.05) is 18.5 Å². The van der Waals surface area contributed by atoms with Crippen molar-refractivity contribution in [3.05, 3.63) is 29.3 Å². The summed E-state index contributed by atoms with van der Waals surface area (Å²) in [5.41, 5.74) is 5.05. The van der Waals surface area contributed by atoms with Crippen molar-refractivity contribution < 1.29 is 22.7 Å². The van der Waals surface area contributed by atoms with E-state index < -0.39 is 11.7 Å². The number of halogens is 3. The molecule has 1 aromatic carbocycles. The molecule has 2 rings (SSSR count). The number of nitrogens with one attached hydrogen (secondary N) is 1. The maximum atomic E-state index is 12.8. The third-order valence-corrected chi connectivity index (χ3v) is 3.42. The van der Waals surface area contributed by atoms with Gasteiger partial charge in [0.2, 0.25) is 5.91 Å². The quantitative estimate of drug-likeness (QED) is 0.902. The van der Waals surface area contributed by atoms with Crippen molar-refractivity contribution in [3.63, 3.8) is 0 Å². The molecule has 1 aliphatic rings. The molecule has 0 radical (unpaired) electrons. The Balaban J connectivity index is 2.16. The van der Waals surface area contributed by atoms with Gasteiger partial charge in [0.1, 0.15) is 0 Å². The Morgan fingerprint density at radius 2 is 1.95 bits per heavy atom. The monoisotopic (exact) mass is 302 g/mol. The molecule has 1 heterocycles. The number of benzene rings is 1. The van der Waals surface area contributed by atoms with E-state index in [4.69, 9.17) is 10.5 Å². The number of ether oxygens (including phenoxy) is 1. The zero-order chi connectivity index (χ0) is 15.5. The number of rotatable bonds is 3. The van der Waals surface area contributed by atoms with Gasteiger partial charge in [0.05, 0.1) is 5.56 Å². The van der Waals surface area contributed by atoms with Crippen molar-refractivity contribution in [2.45, 2.75) is 25.6 Å². The lowest BCUT2D eigenvalue weighted by Gasteiger charge is -2.21. The first-order chi connectivity index (χ1) is 9.90. The minimum absolute atomic E-state index is 0.0238. The summed E-state index contributed by atoms with van der Waals surface area (Å²) in [5.74, 6) is -0.504. The highest BCUT2D eigenvalue weighted by Crippen LogP contribution is 2.32. The number of hydrogen-bond acceptors (Lipinski definition) is 3. The molecule has 0 unspecified atom stereocenters. The lowest BCUT2D eigenvalue weighted by Crippen LogP contribution is -2.28. The Kier molecular flexibility index (Phi) is 4.84. The van der Waals surface area contributed by atoms with Gasteiger partial charge in [0, 0.05) is 31.4 Å². The summed E-state index contributed by atoms with van der Waals surface area (Å²) in [6, 6.07) is 3.38. The van der Waals surface area contributed by atoms with Gasteiger partial charge in [-0.3, -0.25) is 4.79 Å². The topological polar surface area (TPSA) is 64.3 Å². The molecular weight excluding hydrogens is 285 g/mol. The average Bonchev–Trinajstić information content (AvgIpc) is 2.46. The summed E-state index contributed by atoms with van der Waals surface area (Å²) in [5, 5.41) is 2.55. The fraction of sp³-hybridized carbons (Fsp3) is 0.500. The molecule has 7 heteroatoms. The molecule has 4 nitrogen and oxygen atoms in total. The molecule has 1 fully saturated rings. The van der Waals surface area contributed by atoms with Crippen molar-refractivity contribution in [1.29, 1.82) is 0 Å².